The molecular weight excluding hydrogens is 436 g/mol. The SMILES string of the molecule is CC(C)(C)OC(=O)N[C@@H](Cc1c[nH]c2ccccc12)C(=O)OCCCC1OC(C)(C)C(C)(C)O1. The number of aromatic nitrogens is 1. The lowest BCUT2D eigenvalue weighted by molar-refractivity contribution is -0.147. The van der Waals surface area contributed by atoms with Crippen LogP contribution in [0.2, 0.25) is 0 Å². The molecule has 0 radical (unpaired) electrons. The zero-order valence-electron chi connectivity index (χ0n) is 21.3. The van der Waals surface area contributed by atoms with Crippen molar-refractivity contribution in [2.75, 3.05) is 6.61 Å². The molecule has 1 saturated heterocycles. The smallest absolute Gasteiger partial charge is 0.408 e. The number of H-pyrrole nitrogens is 1. The average Bonchev–Trinajstić information content (AvgIpc) is 3.20. The minimum atomic E-state index is -0.883. The number of esters is 1. The van der Waals surface area contributed by atoms with Gasteiger partial charge in [0, 0.05) is 29.9 Å². The van der Waals surface area contributed by atoms with E-state index in [0.717, 1.165) is 16.5 Å². The van der Waals surface area contributed by atoms with Crippen LogP contribution in [0, 0.1) is 0 Å². The molecular formula is C26H38N2O6. The first-order valence-electron chi connectivity index (χ1n) is 11.8. The van der Waals surface area contributed by atoms with Crippen LogP contribution in [-0.4, -0.2) is 52.8 Å². The Kier molecular flexibility index (Phi) is 7.62. The molecule has 1 amide bonds. The fourth-order valence-corrected chi connectivity index (χ4v) is 3.77. The van der Waals surface area contributed by atoms with Crippen molar-refractivity contribution >= 4 is 23.0 Å². The van der Waals surface area contributed by atoms with Gasteiger partial charge < -0.3 is 29.2 Å². The van der Waals surface area contributed by atoms with Crippen molar-refractivity contribution in [2.24, 2.45) is 0 Å². The maximum atomic E-state index is 12.9. The number of ether oxygens (including phenoxy) is 4. The molecule has 1 aromatic heterocycles. The summed E-state index contributed by atoms with van der Waals surface area (Å²) < 4.78 is 22.9. The third-order valence-corrected chi connectivity index (χ3v) is 6.20. The van der Waals surface area contributed by atoms with Crippen molar-refractivity contribution in [3.05, 3.63) is 36.0 Å². The Balaban J connectivity index is 1.59. The standard InChI is InChI=1S/C26H38N2O6/c1-24(2,3)34-23(30)28-20(15-17-16-27-19-12-9-8-11-18(17)19)22(29)31-14-10-13-21-32-25(4,5)26(6,7)33-21/h8-9,11-12,16,20-21,27H,10,13-15H2,1-7H3,(H,28,30)/t20-/m0/s1. The molecule has 2 N–H and O–H groups in total. The molecule has 1 aliphatic heterocycles. The van der Waals surface area contributed by atoms with Crippen molar-refractivity contribution in [2.45, 2.75) is 96.9 Å². The van der Waals surface area contributed by atoms with Crippen LogP contribution in [-0.2, 0) is 30.2 Å². The number of hydrogen-bond donors (Lipinski definition) is 2. The van der Waals surface area contributed by atoms with Crippen LogP contribution in [0.5, 0.6) is 0 Å². The quantitative estimate of drug-likeness (QED) is 0.419. The average molecular weight is 475 g/mol. The van der Waals surface area contributed by atoms with Crippen LogP contribution in [0.4, 0.5) is 4.79 Å². The molecule has 0 unspecified atom stereocenters. The van der Waals surface area contributed by atoms with Crippen LogP contribution in [0.15, 0.2) is 30.5 Å². The van der Waals surface area contributed by atoms with E-state index in [1.807, 2.05) is 58.2 Å². The molecule has 188 valence electrons. The third-order valence-electron chi connectivity index (χ3n) is 6.20. The molecule has 0 spiro atoms. The van der Waals surface area contributed by atoms with Gasteiger partial charge >= 0.3 is 12.1 Å². The third kappa shape index (κ3) is 6.51. The van der Waals surface area contributed by atoms with Crippen molar-refractivity contribution in [3.63, 3.8) is 0 Å². The Morgan fingerprint density at radius 1 is 1.12 bits per heavy atom. The summed E-state index contributed by atoms with van der Waals surface area (Å²) in [6.45, 7) is 13.5. The molecule has 2 aromatic rings. The lowest BCUT2D eigenvalue weighted by Gasteiger charge is -2.30. The monoisotopic (exact) mass is 474 g/mol. The first-order chi connectivity index (χ1) is 15.8. The lowest BCUT2D eigenvalue weighted by atomic mass is 9.90. The molecule has 3 rings (SSSR count). The Hall–Kier alpha value is -2.58. The number of aromatic amines is 1. The molecule has 0 saturated carbocycles. The second kappa shape index (κ2) is 9.96. The molecule has 1 aromatic carbocycles. The number of fused-ring (bicyclic) bond motifs is 1. The summed E-state index contributed by atoms with van der Waals surface area (Å²) in [6, 6.07) is 6.92. The minimum absolute atomic E-state index is 0.198. The van der Waals surface area contributed by atoms with E-state index >= 15 is 0 Å². The summed E-state index contributed by atoms with van der Waals surface area (Å²) in [6.07, 6.45) is 2.30. The number of hydrogen-bond acceptors (Lipinski definition) is 6. The van der Waals surface area contributed by atoms with E-state index in [1.165, 1.54) is 0 Å². The summed E-state index contributed by atoms with van der Waals surface area (Å²) in [5.74, 6) is -0.509. The topological polar surface area (TPSA) is 98.9 Å². The van der Waals surface area contributed by atoms with Crippen LogP contribution in [0.1, 0.15) is 66.9 Å². The van der Waals surface area contributed by atoms with E-state index in [2.05, 4.69) is 10.3 Å². The highest BCUT2D eigenvalue weighted by Crippen LogP contribution is 2.39. The number of para-hydroxylation sites is 1. The zero-order chi connectivity index (χ0) is 25.1. The number of rotatable bonds is 8. The summed E-state index contributed by atoms with van der Waals surface area (Å²) in [4.78, 5) is 28.5. The normalized spacial score (nSPS) is 18.6. The van der Waals surface area contributed by atoms with Gasteiger partial charge in [0.25, 0.3) is 0 Å². The maximum absolute atomic E-state index is 12.9. The molecule has 1 fully saturated rings. The van der Waals surface area contributed by atoms with E-state index in [9.17, 15) is 9.59 Å². The van der Waals surface area contributed by atoms with Gasteiger partial charge in [0.2, 0.25) is 0 Å². The van der Waals surface area contributed by atoms with Gasteiger partial charge in [-0.15, -0.1) is 0 Å². The maximum Gasteiger partial charge on any atom is 0.408 e. The van der Waals surface area contributed by atoms with Crippen molar-refractivity contribution < 1.29 is 28.5 Å². The molecule has 8 nitrogen and oxygen atoms in total. The van der Waals surface area contributed by atoms with Crippen LogP contribution in [0.3, 0.4) is 0 Å². The van der Waals surface area contributed by atoms with Gasteiger partial charge in [-0.05, 0) is 66.5 Å². The highest BCUT2D eigenvalue weighted by atomic mass is 16.7. The summed E-state index contributed by atoms with van der Waals surface area (Å²) in [5, 5.41) is 3.67. The van der Waals surface area contributed by atoms with Gasteiger partial charge in [-0.1, -0.05) is 18.2 Å². The molecule has 1 aliphatic rings. The molecule has 34 heavy (non-hydrogen) atoms. The van der Waals surface area contributed by atoms with Gasteiger partial charge in [0.15, 0.2) is 6.29 Å². The molecule has 2 heterocycles. The van der Waals surface area contributed by atoms with E-state index in [1.54, 1.807) is 20.8 Å². The highest BCUT2D eigenvalue weighted by Gasteiger charge is 2.48. The Bertz CT molecular complexity index is 988. The zero-order valence-corrected chi connectivity index (χ0v) is 21.3. The predicted octanol–water partition coefficient (Wildman–Crippen LogP) is 4.86. The summed E-state index contributed by atoms with van der Waals surface area (Å²) in [7, 11) is 0. The van der Waals surface area contributed by atoms with Gasteiger partial charge in [0.05, 0.1) is 17.8 Å². The fourth-order valence-electron chi connectivity index (χ4n) is 3.77. The highest BCUT2D eigenvalue weighted by molar-refractivity contribution is 5.86. The number of alkyl carbamates (subject to hydrolysis) is 1. The van der Waals surface area contributed by atoms with Crippen LogP contribution in [0.25, 0.3) is 10.9 Å². The fraction of sp³-hybridized carbons (Fsp3) is 0.615. The second-order valence-electron chi connectivity index (χ2n) is 10.8. The Labute approximate surface area is 201 Å². The number of carbonyl (C=O) groups excluding carboxylic acids is 2. The molecule has 8 heteroatoms. The molecule has 0 bridgehead atoms. The van der Waals surface area contributed by atoms with Crippen molar-refractivity contribution in [1.82, 2.24) is 10.3 Å². The van der Waals surface area contributed by atoms with Gasteiger partial charge in [-0.3, -0.25) is 0 Å². The van der Waals surface area contributed by atoms with Crippen molar-refractivity contribution in [3.8, 4) is 0 Å². The second-order valence-corrected chi connectivity index (χ2v) is 10.8. The van der Waals surface area contributed by atoms with E-state index in [-0.39, 0.29) is 19.3 Å². The number of carbonyl (C=O) groups is 2. The van der Waals surface area contributed by atoms with Crippen LogP contribution < -0.4 is 5.32 Å². The lowest BCUT2D eigenvalue weighted by Crippen LogP contribution is -2.45. The van der Waals surface area contributed by atoms with Crippen molar-refractivity contribution in [1.29, 1.82) is 0 Å². The number of nitrogens with one attached hydrogen (secondary N) is 2. The Morgan fingerprint density at radius 3 is 2.41 bits per heavy atom. The molecule has 1 atom stereocenters. The Morgan fingerprint density at radius 2 is 1.76 bits per heavy atom. The van der Waals surface area contributed by atoms with Gasteiger partial charge in [-0.25, -0.2) is 9.59 Å². The number of benzene rings is 1. The summed E-state index contributed by atoms with van der Waals surface area (Å²) in [5.41, 5.74) is 0.407. The predicted molar refractivity (Wildman–Crippen MR) is 129 cm³/mol. The summed E-state index contributed by atoms with van der Waals surface area (Å²) >= 11 is 0. The first kappa shape index (κ1) is 26.0. The van der Waals surface area contributed by atoms with E-state index < -0.39 is 34.9 Å². The largest absolute Gasteiger partial charge is 0.464 e. The first-order valence-corrected chi connectivity index (χ1v) is 11.8. The van der Waals surface area contributed by atoms with Crippen LogP contribution >= 0.6 is 0 Å². The van der Waals surface area contributed by atoms with Gasteiger partial charge in [0.1, 0.15) is 11.6 Å². The number of amides is 1. The molecule has 0 aliphatic carbocycles. The van der Waals surface area contributed by atoms with E-state index in [0.29, 0.717) is 12.8 Å². The van der Waals surface area contributed by atoms with Gasteiger partial charge in [-0.2, -0.15) is 0 Å². The minimum Gasteiger partial charge on any atom is -0.464 e. The van der Waals surface area contributed by atoms with E-state index in [4.69, 9.17) is 18.9 Å².